The Labute approximate surface area is 421 Å². The molecule has 1 unspecified atom stereocenters. The van der Waals surface area contributed by atoms with Crippen LogP contribution in [-0.2, 0) is 23.8 Å². The first-order valence-electron chi connectivity index (χ1n) is 28.4. The van der Waals surface area contributed by atoms with Gasteiger partial charge in [-0.25, -0.2) is 0 Å². The molecule has 0 bridgehead atoms. The van der Waals surface area contributed by atoms with E-state index < -0.39 is 6.10 Å². The van der Waals surface area contributed by atoms with Gasteiger partial charge in [0.1, 0.15) is 6.61 Å². The van der Waals surface area contributed by atoms with Crippen LogP contribution in [0.1, 0.15) is 252 Å². The molecule has 0 heterocycles. The Morgan fingerprint density at radius 1 is 0.338 bits per heavy atom. The maximum Gasteiger partial charge on any atom is 0.306 e. The average Bonchev–Trinajstić information content (AvgIpc) is 3.34. The van der Waals surface area contributed by atoms with Crippen LogP contribution in [0.25, 0.3) is 0 Å². The molecule has 0 rings (SSSR count). The lowest BCUT2D eigenvalue weighted by Gasteiger charge is -2.18. The van der Waals surface area contributed by atoms with Gasteiger partial charge in [-0.1, -0.05) is 252 Å². The van der Waals surface area contributed by atoms with Crippen LogP contribution in [0.5, 0.6) is 0 Å². The molecule has 388 valence electrons. The number of carbonyl (C=O) groups is 2. The van der Waals surface area contributed by atoms with Crippen LogP contribution < -0.4 is 0 Å². The number of hydrogen-bond acceptors (Lipinski definition) is 5. The van der Waals surface area contributed by atoms with Gasteiger partial charge < -0.3 is 14.2 Å². The summed E-state index contributed by atoms with van der Waals surface area (Å²) in [6, 6.07) is 0. The Balaban J connectivity index is 4.39. The number of rotatable bonds is 51. The van der Waals surface area contributed by atoms with Gasteiger partial charge in [0.2, 0.25) is 0 Å². The summed E-state index contributed by atoms with van der Waals surface area (Å²) in [7, 11) is 0. The van der Waals surface area contributed by atoms with Crippen LogP contribution in [0.15, 0.2) is 109 Å². The van der Waals surface area contributed by atoms with E-state index in [1.165, 1.54) is 109 Å². The maximum absolute atomic E-state index is 12.8. The fourth-order valence-electron chi connectivity index (χ4n) is 7.66. The van der Waals surface area contributed by atoms with Crippen molar-refractivity contribution in [3.8, 4) is 0 Å². The van der Waals surface area contributed by atoms with E-state index in [9.17, 15) is 9.59 Å². The van der Waals surface area contributed by atoms with Crippen molar-refractivity contribution in [3.63, 3.8) is 0 Å². The zero-order valence-electron chi connectivity index (χ0n) is 44.6. The first-order chi connectivity index (χ1) is 33.6. The van der Waals surface area contributed by atoms with E-state index in [4.69, 9.17) is 14.2 Å². The second-order valence-corrected chi connectivity index (χ2v) is 18.4. The third-order valence-electron chi connectivity index (χ3n) is 11.8. The number of hydrogen-bond donors (Lipinski definition) is 0. The Morgan fingerprint density at radius 3 is 1.10 bits per heavy atom. The van der Waals surface area contributed by atoms with Gasteiger partial charge in [0.25, 0.3) is 0 Å². The van der Waals surface area contributed by atoms with Gasteiger partial charge in [-0.3, -0.25) is 9.59 Å². The highest BCUT2D eigenvalue weighted by Crippen LogP contribution is 2.15. The minimum atomic E-state index is -0.577. The van der Waals surface area contributed by atoms with Crippen molar-refractivity contribution in [1.82, 2.24) is 0 Å². The molecule has 0 N–H and O–H groups in total. The van der Waals surface area contributed by atoms with Gasteiger partial charge in [-0.05, 0) is 96.3 Å². The quantitative estimate of drug-likeness (QED) is 0.0345. The first kappa shape index (κ1) is 64.6. The largest absolute Gasteiger partial charge is 0.462 e. The van der Waals surface area contributed by atoms with Gasteiger partial charge in [0.15, 0.2) is 6.10 Å². The molecule has 5 heteroatoms. The zero-order valence-corrected chi connectivity index (χ0v) is 44.6. The predicted octanol–water partition coefficient (Wildman–Crippen LogP) is 19.6. The van der Waals surface area contributed by atoms with Gasteiger partial charge in [-0.2, -0.15) is 0 Å². The molecule has 0 radical (unpaired) electrons. The standard InChI is InChI=1S/C63H106O5/c1-4-7-10-13-16-19-22-25-28-31-32-34-35-38-41-44-47-50-53-56-62(64)67-60-61(59-66-58-55-52-49-46-43-40-37-30-27-24-21-18-15-12-9-6-3)68-63(65)57-54-51-48-45-42-39-36-33-29-26-23-20-17-14-11-8-5-2/h7-8,10-11,16-17,19-20,25-26,28-29,32,34,36,39,45,48,61H,4-6,9,12-15,18,21-24,27,30-31,33,35,37-38,40-44,46-47,49-60H2,1-3H3/b10-7-,11-8-,19-16-,20-17-,28-25-,29-26-,34-32-,39-36-,48-45-. The molecular formula is C63H106O5. The van der Waals surface area contributed by atoms with E-state index >= 15 is 0 Å². The fourth-order valence-corrected chi connectivity index (χ4v) is 7.66. The summed E-state index contributed by atoms with van der Waals surface area (Å²) in [6.45, 7) is 7.54. The minimum Gasteiger partial charge on any atom is -0.462 e. The lowest BCUT2D eigenvalue weighted by atomic mass is 10.0. The van der Waals surface area contributed by atoms with Crippen LogP contribution in [0.2, 0.25) is 0 Å². The number of ether oxygens (including phenoxy) is 3. The van der Waals surface area contributed by atoms with Crippen molar-refractivity contribution >= 4 is 11.9 Å². The molecule has 0 aliphatic carbocycles. The summed E-state index contributed by atoms with van der Waals surface area (Å²) in [5.74, 6) is -0.479. The Hall–Kier alpha value is -3.44. The summed E-state index contributed by atoms with van der Waals surface area (Å²) < 4.78 is 17.4. The molecule has 0 spiro atoms. The second-order valence-electron chi connectivity index (χ2n) is 18.4. The molecule has 5 nitrogen and oxygen atoms in total. The highest BCUT2D eigenvalue weighted by Gasteiger charge is 2.17. The van der Waals surface area contributed by atoms with Gasteiger partial charge >= 0.3 is 11.9 Å². The Kier molecular flexibility index (Phi) is 54.9. The van der Waals surface area contributed by atoms with Crippen molar-refractivity contribution in [2.75, 3.05) is 19.8 Å². The summed E-state index contributed by atoms with van der Waals surface area (Å²) in [4.78, 5) is 25.5. The molecule has 0 fully saturated rings. The zero-order chi connectivity index (χ0) is 49.2. The van der Waals surface area contributed by atoms with Crippen LogP contribution >= 0.6 is 0 Å². The van der Waals surface area contributed by atoms with Crippen molar-refractivity contribution < 1.29 is 23.8 Å². The summed E-state index contributed by atoms with van der Waals surface area (Å²) in [6.07, 6.45) is 79.7. The van der Waals surface area contributed by atoms with Gasteiger partial charge in [0.05, 0.1) is 6.61 Å². The summed E-state index contributed by atoms with van der Waals surface area (Å²) in [5, 5.41) is 0. The van der Waals surface area contributed by atoms with Crippen LogP contribution in [-0.4, -0.2) is 37.9 Å². The number of unbranched alkanes of at least 4 members (excludes halogenated alkanes) is 22. The third kappa shape index (κ3) is 55.2. The number of carbonyl (C=O) groups excluding carboxylic acids is 2. The monoisotopic (exact) mass is 943 g/mol. The van der Waals surface area contributed by atoms with Crippen molar-refractivity contribution in [1.29, 1.82) is 0 Å². The SMILES string of the molecule is CC/C=C\C/C=C\C/C=C\C/C=C\C/C=C\CCCC(=O)OC(COCCCCCCCCCCCCCCCCCC)COC(=O)CCCCCCCC/C=C\C/C=C\C/C=C\C/C=C\CC. The van der Waals surface area contributed by atoms with E-state index in [2.05, 4.69) is 130 Å². The average molecular weight is 944 g/mol. The predicted molar refractivity (Wildman–Crippen MR) is 297 cm³/mol. The maximum atomic E-state index is 12.8. The van der Waals surface area contributed by atoms with Gasteiger partial charge in [-0.15, -0.1) is 0 Å². The molecule has 0 aromatic carbocycles. The van der Waals surface area contributed by atoms with E-state index in [0.29, 0.717) is 19.4 Å². The summed E-state index contributed by atoms with van der Waals surface area (Å²) >= 11 is 0. The van der Waals surface area contributed by atoms with Crippen LogP contribution in [0.4, 0.5) is 0 Å². The molecule has 68 heavy (non-hydrogen) atoms. The molecule has 1 atom stereocenters. The minimum absolute atomic E-state index is 0.0512. The molecule has 0 amide bonds. The van der Waals surface area contributed by atoms with E-state index in [0.717, 1.165) is 109 Å². The highest BCUT2D eigenvalue weighted by atomic mass is 16.6. The summed E-state index contributed by atoms with van der Waals surface area (Å²) in [5.41, 5.74) is 0. The second kappa shape index (κ2) is 57.9. The Bertz CT molecular complexity index is 1340. The third-order valence-corrected chi connectivity index (χ3v) is 11.8. The molecule has 0 aromatic heterocycles. The molecule has 0 aliphatic heterocycles. The molecule has 0 aromatic rings. The number of allylic oxidation sites excluding steroid dienone is 18. The number of esters is 2. The topological polar surface area (TPSA) is 61.8 Å². The molecule has 0 saturated heterocycles. The van der Waals surface area contributed by atoms with Crippen LogP contribution in [0, 0.1) is 0 Å². The molecular weight excluding hydrogens is 837 g/mol. The smallest absolute Gasteiger partial charge is 0.306 e. The van der Waals surface area contributed by atoms with Crippen molar-refractivity contribution in [2.45, 2.75) is 258 Å². The molecule has 0 saturated carbocycles. The van der Waals surface area contributed by atoms with Gasteiger partial charge in [0, 0.05) is 19.4 Å². The van der Waals surface area contributed by atoms with Crippen LogP contribution in [0.3, 0.4) is 0 Å². The Morgan fingerprint density at radius 2 is 0.676 bits per heavy atom. The molecule has 0 aliphatic rings. The van der Waals surface area contributed by atoms with E-state index in [1.807, 2.05) is 0 Å². The lowest BCUT2D eigenvalue weighted by molar-refractivity contribution is -0.162. The normalized spacial score (nSPS) is 13.0. The van der Waals surface area contributed by atoms with E-state index in [-0.39, 0.29) is 25.2 Å². The first-order valence-corrected chi connectivity index (χ1v) is 28.4. The van der Waals surface area contributed by atoms with Crippen molar-refractivity contribution in [3.05, 3.63) is 109 Å². The van der Waals surface area contributed by atoms with E-state index in [1.54, 1.807) is 0 Å². The lowest BCUT2D eigenvalue weighted by Crippen LogP contribution is -2.30. The highest BCUT2D eigenvalue weighted by molar-refractivity contribution is 5.70. The fraction of sp³-hybridized carbons (Fsp3) is 0.683. The van der Waals surface area contributed by atoms with Crippen molar-refractivity contribution in [2.24, 2.45) is 0 Å².